The van der Waals surface area contributed by atoms with Gasteiger partial charge in [0.25, 0.3) is 11.8 Å². The normalized spacial score (nSPS) is 23.3. The van der Waals surface area contributed by atoms with Gasteiger partial charge in [0.2, 0.25) is 0 Å². The Morgan fingerprint density at radius 1 is 0.850 bits per heavy atom. The highest BCUT2D eigenvalue weighted by atomic mass is 35.5. The van der Waals surface area contributed by atoms with Crippen molar-refractivity contribution in [1.82, 2.24) is 10.6 Å². The molecule has 0 aromatic heterocycles. The molecule has 2 aromatic carbocycles. The van der Waals surface area contributed by atoms with E-state index in [0.29, 0.717) is 25.7 Å². The topological polar surface area (TPSA) is 112 Å². The number of hydrogen-bond donors (Lipinski definition) is 2. The number of halogens is 4. The van der Waals surface area contributed by atoms with Crippen LogP contribution in [0, 0.1) is 11.6 Å². The number of ether oxygens (including phenoxy) is 4. The third-order valence-electron chi connectivity index (χ3n) is 7.14. The van der Waals surface area contributed by atoms with Gasteiger partial charge in [0, 0.05) is 31.2 Å². The molecule has 216 valence electrons. The van der Waals surface area contributed by atoms with Crippen molar-refractivity contribution in [3.05, 3.63) is 58.1 Å². The molecule has 3 saturated carbocycles. The van der Waals surface area contributed by atoms with Crippen LogP contribution >= 0.6 is 23.2 Å². The van der Waals surface area contributed by atoms with E-state index in [0.717, 1.165) is 12.1 Å². The summed E-state index contributed by atoms with van der Waals surface area (Å²) in [4.78, 5) is 38.0. The highest BCUT2D eigenvalue weighted by Crippen LogP contribution is 2.48. The fourth-order valence-corrected chi connectivity index (χ4v) is 5.41. The Hall–Kier alpha value is -3.15. The predicted octanol–water partition coefficient (Wildman–Crippen LogP) is 3.98. The van der Waals surface area contributed by atoms with Crippen molar-refractivity contribution >= 4 is 41.0 Å². The van der Waals surface area contributed by atoms with Crippen LogP contribution in [0.4, 0.5) is 8.78 Å². The highest BCUT2D eigenvalue weighted by molar-refractivity contribution is 6.31. The van der Waals surface area contributed by atoms with Gasteiger partial charge in [0.1, 0.15) is 35.8 Å². The number of carbonyl (C=O) groups is 3. The monoisotopic (exact) mass is 600 g/mol. The van der Waals surface area contributed by atoms with Crippen LogP contribution in [0.25, 0.3) is 0 Å². The molecular weight excluding hydrogens is 573 g/mol. The lowest BCUT2D eigenvalue weighted by atomic mass is 9.59. The van der Waals surface area contributed by atoms with E-state index in [-0.39, 0.29) is 41.2 Å². The average molecular weight is 601 g/mol. The molecule has 2 N–H and O–H groups in total. The summed E-state index contributed by atoms with van der Waals surface area (Å²) in [5, 5.41) is 5.82. The molecule has 40 heavy (non-hydrogen) atoms. The Kier molecular flexibility index (Phi) is 9.37. The van der Waals surface area contributed by atoms with Crippen LogP contribution in [0.2, 0.25) is 10.0 Å². The molecule has 0 heterocycles. The van der Waals surface area contributed by atoms with Crippen LogP contribution in [0.15, 0.2) is 36.4 Å². The SMILES string of the molecule is COCC(=O)OC1CC2(NC(=O)COc3ccc(Cl)c(F)c3)CCC1(NC(=O)COc1ccc(Cl)c(F)c1)CC2. The molecule has 1 unspecified atom stereocenters. The Bertz CT molecular complexity index is 1270. The first kappa shape index (κ1) is 29.8. The van der Waals surface area contributed by atoms with Gasteiger partial charge in [0.05, 0.1) is 15.6 Å². The number of benzene rings is 2. The summed E-state index contributed by atoms with van der Waals surface area (Å²) in [6, 6.07) is 7.71. The average Bonchev–Trinajstić information content (AvgIpc) is 2.91. The van der Waals surface area contributed by atoms with Crippen molar-refractivity contribution in [1.29, 1.82) is 0 Å². The van der Waals surface area contributed by atoms with Crippen molar-refractivity contribution in [2.45, 2.75) is 49.3 Å². The first-order valence-electron chi connectivity index (χ1n) is 12.5. The highest BCUT2D eigenvalue weighted by Gasteiger charge is 2.57. The van der Waals surface area contributed by atoms with Gasteiger partial charge in [-0.25, -0.2) is 13.6 Å². The minimum absolute atomic E-state index is 0.0600. The summed E-state index contributed by atoms with van der Waals surface area (Å²) >= 11 is 11.4. The maximum absolute atomic E-state index is 13.7. The summed E-state index contributed by atoms with van der Waals surface area (Å²) in [7, 11) is 1.36. The molecule has 1 atom stereocenters. The van der Waals surface area contributed by atoms with Crippen molar-refractivity contribution in [3.8, 4) is 11.5 Å². The van der Waals surface area contributed by atoms with Crippen LogP contribution < -0.4 is 20.1 Å². The van der Waals surface area contributed by atoms with Crippen molar-refractivity contribution in [3.63, 3.8) is 0 Å². The van der Waals surface area contributed by atoms with Crippen LogP contribution in [0.1, 0.15) is 32.1 Å². The Labute approximate surface area is 239 Å². The van der Waals surface area contributed by atoms with E-state index in [4.69, 9.17) is 42.1 Å². The first-order chi connectivity index (χ1) is 19.0. The van der Waals surface area contributed by atoms with Gasteiger partial charge >= 0.3 is 5.97 Å². The van der Waals surface area contributed by atoms with Crippen molar-refractivity contribution < 1.29 is 42.1 Å². The Morgan fingerprint density at radius 3 is 1.88 bits per heavy atom. The molecule has 3 fully saturated rings. The zero-order chi connectivity index (χ0) is 28.9. The number of carbonyl (C=O) groups excluding carboxylic acids is 3. The second kappa shape index (κ2) is 12.6. The predicted molar refractivity (Wildman–Crippen MR) is 140 cm³/mol. The fourth-order valence-electron chi connectivity index (χ4n) is 5.17. The summed E-state index contributed by atoms with van der Waals surface area (Å²) in [5.41, 5.74) is -1.59. The first-order valence-corrected chi connectivity index (χ1v) is 13.2. The van der Waals surface area contributed by atoms with E-state index in [1.165, 1.54) is 31.4 Å². The van der Waals surface area contributed by atoms with Crippen LogP contribution in [-0.4, -0.2) is 61.9 Å². The number of rotatable bonds is 11. The molecule has 2 amide bonds. The van der Waals surface area contributed by atoms with E-state index in [1.807, 2.05) is 0 Å². The molecule has 2 aromatic rings. The van der Waals surface area contributed by atoms with E-state index >= 15 is 0 Å². The standard InChI is InChI=1S/C27H28Cl2F2N2O7/c1-37-15-25(36)40-22-12-26(32-23(34)13-38-16-2-4-18(28)20(30)10-16)6-8-27(22,9-7-26)33-24(35)14-39-17-3-5-19(29)21(31)11-17/h2-5,10-11,22H,6-9,12-15H2,1H3,(H,32,34)(H,33,35). The van der Waals surface area contributed by atoms with Gasteiger partial charge in [0.15, 0.2) is 13.2 Å². The Morgan fingerprint density at radius 2 is 1.38 bits per heavy atom. The molecule has 0 aliphatic heterocycles. The van der Waals surface area contributed by atoms with Gasteiger partial charge in [-0.05, 0) is 49.9 Å². The van der Waals surface area contributed by atoms with Crippen LogP contribution in [-0.2, 0) is 23.9 Å². The largest absolute Gasteiger partial charge is 0.484 e. The molecule has 3 aliphatic carbocycles. The number of methoxy groups -OCH3 is 1. The number of fused-ring (bicyclic) bond motifs is 3. The number of nitrogens with one attached hydrogen (secondary N) is 2. The second-order valence-electron chi connectivity index (χ2n) is 9.88. The number of amides is 2. The summed E-state index contributed by atoms with van der Waals surface area (Å²) in [6.07, 6.45) is 1.28. The minimum atomic E-state index is -0.890. The van der Waals surface area contributed by atoms with E-state index in [9.17, 15) is 23.2 Å². The maximum atomic E-state index is 13.7. The quantitative estimate of drug-likeness (QED) is 0.375. The van der Waals surface area contributed by atoms with Gasteiger partial charge < -0.3 is 29.6 Å². The zero-order valence-corrected chi connectivity index (χ0v) is 23.1. The lowest BCUT2D eigenvalue weighted by Gasteiger charge is -2.57. The van der Waals surface area contributed by atoms with E-state index in [1.54, 1.807) is 0 Å². The summed E-state index contributed by atoms with van der Waals surface area (Å²) in [6.45, 7) is -1.04. The molecular formula is C27H28Cl2F2N2O7. The van der Waals surface area contributed by atoms with Crippen molar-refractivity contribution in [2.24, 2.45) is 0 Å². The molecule has 0 radical (unpaired) electrons. The van der Waals surface area contributed by atoms with Gasteiger partial charge in [-0.2, -0.15) is 0 Å². The van der Waals surface area contributed by atoms with Crippen molar-refractivity contribution in [2.75, 3.05) is 26.9 Å². The molecule has 0 saturated heterocycles. The third kappa shape index (κ3) is 7.13. The lowest BCUT2D eigenvalue weighted by molar-refractivity contribution is -0.170. The fraction of sp³-hybridized carbons (Fsp3) is 0.444. The molecule has 13 heteroatoms. The third-order valence-corrected chi connectivity index (χ3v) is 7.76. The molecule has 2 bridgehead atoms. The van der Waals surface area contributed by atoms with Gasteiger partial charge in [-0.3, -0.25) is 9.59 Å². The second-order valence-corrected chi connectivity index (χ2v) is 10.7. The summed E-state index contributed by atoms with van der Waals surface area (Å²) < 4.78 is 48.8. The van der Waals surface area contributed by atoms with Crippen LogP contribution in [0.3, 0.4) is 0 Å². The maximum Gasteiger partial charge on any atom is 0.332 e. The Balaban J connectivity index is 1.39. The molecule has 3 aliphatic rings. The number of esters is 1. The van der Waals surface area contributed by atoms with Crippen LogP contribution in [0.5, 0.6) is 11.5 Å². The van der Waals surface area contributed by atoms with E-state index in [2.05, 4.69) is 10.6 Å². The molecule has 0 spiro atoms. The van der Waals surface area contributed by atoms with E-state index < -0.39 is 53.2 Å². The molecule has 5 rings (SSSR count). The zero-order valence-electron chi connectivity index (χ0n) is 21.6. The number of hydrogen-bond acceptors (Lipinski definition) is 7. The smallest absolute Gasteiger partial charge is 0.332 e. The van der Waals surface area contributed by atoms with Gasteiger partial charge in [-0.15, -0.1) is 0 Å². The minimum Gasteiger partial charge on any atom is -0.484 e. The summed E-state index contributed by atoms with van der Waals surface area (Å²) in [5.74, 6) is -2.58. The molecule has 9 nitrogen and oxygen atoms in total. The van der Waals surface area contributed by atoms with Gasteiger partial charge in [-0.1, -0.05) is 23.2 Å². The lowest BCUT2D eigenvalue weighted by Crippen LogP contribution is -2.71.